The summed E-state index contributed by atoms with van der Waals surface area (Å²) in [6.45, 7) is 5.98. The topological polar surface area (TPSA) is 88.6 Å². The number of furan rings is 1. The molecule has 0 saturated carbocycles. The number of thioether (sulfide) groups is 1. The number of nitrogens with zero attached hydrogens (tertiary/aromatic N) is 3. The van der Waals surface area contributed by atoms with Crippen LogP contribution in [0, 0.1) is 6.92 Å². The van der Waals surface area contributed by atoms with Crippen LogP contribution in [0.1, 0.15) is 50.5 Å². The van der Waals surface area contributed by atoms with Gasteiger partial charge in [-0.25, -0.2) is 0 Å². The van der Waals surface area contributed by atoms with Crippen LogP contribution in [0.5, 0.6) is 0 Å². The highest BCUT2D eigenvalue weighted by Gasteiger charge is 2.29. The van der Waals surface area contributed by atoms with E-state index in [-0.39, 0.29) is 5.97 Å². The van der Waals surface area contributed by atoms with E-state index >= 15 is 0 Å². The summed E-state index contributed by atoms with van der Waals surface area (Å²) in [6, 6.07) is 3.84. The Hall–Kier alpha value is -3.46. The van der Waals surface area contributed by atoms with E-state index < -0.39 is 5.25 Å². The number of carbonyl (C=O) groups excluding carboxylic acids is 1. The lowest BCUT2D eigenvalue weighted by molar-refractivity contribution is -0.142. The highest BCUT2D eigenvalue weighted by Crippen LogP contribution is 2.35. The number of hydrogen-bond acceptors (Lipinski definition) is 8. The van der Waals surface area contributed by atoms with E-state index in [1.807, 2.05) is 73.1 Å². The Balaban J connectivity index is 2.07. The van der Waals surface area contributed by atoms with Gasteiger partial charge in [-0.15, -0.1) is 10.2 Å². The van der Waals surface area contributed by atoms with Crippen LogP contribution >= 0.6 is 11.8 Å². The first-order valence-corrected chi connectivity index (χ1v) is 13.2. The molecule has 37 heavy (non-hydrogen) atoms. The molecule has 2 heterocycles. The van der Waals surface area contributed by atoms with Crippen LogP contribution in [0.15, 0.2) is 75.8 Å². The van der Waals surface area contributed by atoms with E-state index in [9.17, 15) is 4.79 Å². The van der Waals surface area contributed by atoms with Gasteiger partial charge < -0.3 is 18.6 Å². The quantitative estimate of drug-likeness (QED) is 0.178. The average Bonchev–Trinajstić information content (AvgIpc) is 3.41. The van der Waals surface area contributed by atoms with Crippen LogP contribution in [-0.4, -0.2) is 46.8 Å². The number of aryl methyl sites for hydroxylation is 1. The van der Waals surface area contributed by atoms with Crippen molar-refractivity contribution in [2.24, 2.45) is 0 Å². The van der Waals surface area contributed by atoms with Crippen molar-refractivity contribution in [3.63, 3.8) is 0 Å². The molecule has 0 amide bonds. The van der Waals surface area contributed by atoms with Gasteiger partial charge in [0.1, 0.15) is 39.8 Å². The number of hydrogen-bond donors (Lipinski definition) is 0. The van der Waals surface area contributed by atoms with Gasteiger partial charge in [0.2, 0.25) is 0 Å². The zero-order valence-electron chi connectivity index (χ0n) is 22.1. The maximum absolute atomic E-state index is 12.9. The predicted molar refractivity (Wildman–Crippen MR) is 145 cm³/mol. The van der Waals surface area contributed by atoms with Crippen molar-refractivity contribution in [3.05, 3.63) is 83.5 Å². The summed E-state index contributed by atoms with van der Waals surface area (Å²) in [5.41, 5.74) is 0.667. The van der Waals surface area contributed by atoms with Gasteiger partial charge in [0.25, 0.3) is 0 Å². The second-order valence-corrected chi connectivity index (χ2v) is 9.31. The van der Waals surface area contributed by atoms with Crippen molar-refractivity contribution in [3.8, 4) is 0 Å². The maximum atomic E-state index is 12.9. The van der Waals surface area contributed by atoms with E-state index in [1.54, 1.807) is 21.1 Å². The van der Waals surface area contributed by atoms with Crippen molar-refractivity contribution in [2.75, 3.05) is 20.8 Å². The van der Waals surface area contributed by atoms with E-state index in [4.69, 9.17) is 18.6 Å². The van der Waals surface area contributed by atoms with Crippen molar-refractivity contribution in [2.45, 2.75) is 56.9 Å². The zero-order valence-corrected chi connectivity index (χ0v) is 22.9. The first-order valence-electron chi connectivity index (χ1n) is 12.3. The second-order valence-electron chi connectivity index (χ2n) is 8.14. The third-order valence-corrected chi connectivity index (χ3v) is 6.69. The highest BCUT2D eigenvalue weighted by molar-refractivity contribution is 8.00. The van der Waals surface area contributed by atoms with Crippen molar-refractivity contribution in [1.29, 1.82) is 0 Å². The van der Waals surface area contributed by atoms with Gasteiger partial charge in [-0.3, -0.25) is 9.36 Å². The fourth-order valence-electron chi connectivity index (χ4n) is 3.78. The summed E-state index contributed by atoms with van der Waals surface area (Å²) in [5.74, 6) is 3.15. The van der Waals surface area contributed by atoms with Crippen LogP contribution in [0.25, 0.3) is 5.70 Å². The van der Waals surface area contributed by atoms with Crippen LogP contribution in [-0.2, 0) is 25.4 Å². The summed E-state index contributed by atoms with van der Waals surface area (Å²) >= 11 is 1.32. The number of allylic oxidation sites excluding steroid dienone is 8. The Morgan fingerprint density at radius 3 is 2.76 bits per heavy atom. The number of methoxy groups -OCH3 is 2. The molecule has 1 unspecified atom stereocenters. The Morgan fingerprint density at radius 1 is 1.24 bits per heavy atom. The van der Waals surface area contributed by atoms with Crippen LogP contribution in [0.4, 0.5) is 0 Å². The SMILES string of the molecule is C/C=C\C=C/CCC(Sc1nnc(Cc2ccc(C)o2)n1C1=C(OC)C=CCC=C1OC)C(=O)OCC. The Labute approximate surface area is 222 Å². The lowest BCUT2D eigenvalue weighted by Crippen LogP contribution is -2.21. The summed E-state index contributed by atoms with van der Waals surface area (Å²) < 4.78 is 24.6. The van der Waals surface area contributed by atoms with Crippen molar-refractivity contribution >= 4 is 23.4 Å². The molecule has 0 aliphatic heterocycles. The van der Waals surface area contributed by atoms with Gasteiger partial charge in [0.05, 0.1) is 27.2 Å². The normalized spacial score (nSPS) is 14.8. The minimum atomic E-state index is -0.472. The molecule has 0 N–H and O–H groups in total. The number of carbonyl (C=O) groups is 1. The first-order chi connectivity index (χ1) is 18.0. The smallest absolute Gasteiger partial charge is 0.319 e. The minimum Gasteiger partial charge on any atom is -0.495 e. The Bertz CT molecular complexity index is 1200. The van der Waals surface area contributed by atoms with E-state index in [0.29, 0.717) is 60.5 Å². The van der Waals surface area contributed by atoms with Crippen LogP contribution in [0.3, 0.4) is 0 Å². The lowest BCUT2D eigenvalue weighted by atomic mass is 10.2. The highest BCUT2D eigenvalue weighted by atomic mass is 32.2. The molecule has 3 rings (SSSR count). The predicted octanol–water partition coefficient (Wildman–Crippen LogP) is 6.01. The molecule has 8 nitrogen and oxygen atoms in total. The summed E-state index contributed by atoms with van der Waals surface area (Å²) in [5, 5.41) is 9.07. The molecule has 0 saturated heterocycles. The summed E-state index contributed by atoms with van der Waals surface area (Å²) in [7, 11) is 3.24. The largest absolute Gasteiger partial charge is 0.495 e. The van der Waals surface area contributed by atoms with Gasteiger partial charge in [-0.05, 0) is 64.3 Å². The summed E-state index contributed by atoms with van der Waals surface area (Å²) in [6.07, 6.45) is 16.2. The molecule has 0 aromatic carbocycles. The van der Waals surface area contributed by atoms with Gasteiger partial charge in [-0.1, -0.05) is 42.1 Å². The molecule has 2 aromatic heterocycles. The molecule has 9 heteroatoms. The molecule has 0 bridgehead atoms. The van der Waals surface area contributed by atoms with Crippen molar-refractivity contribution in [1.82, 2.24) is 14.8 Å². The van der Waals surface area contributed by atoms with Gasteiger partial charge >= 0.3 is 5.97 Å². The average molecular weight is 526 g/mol. The zero-order chi connectivity index (χ0) is 26.6. The molecule has 1 atom stereocenters. The number of ether oxygens (including phenoxy) is 3. The number of aromatic nitrogens is 3. The fraction of sp³-hybridized carbons (Fsp3) is 0.393. The van der Waals surface area contributed by atoms with Gasteiger partial charge in [-0.2, -0.15) is 0 Å². The monoisotopic (exact) mass is 525 g/mol. The van der Waals surface area contributed by atoms with Crippen molar-refractivity contribution < 1.29 is 23.4 Å². The molecule has 1 aliphatic carbocycles. The maximum Gasteiger partial charge on any atom is 0.319 e. The molecule has 198 valence electrons. The Kier molecular flexibility index (Phi) is 10.9. The molecular formula is C28H35N3O5S. The van der Waals surface area contributed by atoms with E-state index in [0.717, 1.165) is 11.5 Å². The Morgan fingerprint density at radius 2 is 2.08 bits per heavy atom. The lowest BCUT2D eigenvalue weighted by Gasteiger charge is -2.19. The molecule has 0 spiro atoms. The molecule has 0 radical (unpaired) electrons. The van der Waals surface area contributed by atoms with E-state index in [1.165, 1.54) is 11.8 Å². The number of rotatable bonds is 13. The van der Waals surface area contributed by atoms with Gasteiger partial charge in [0.15, 0.2) is 5.16 Å². The molecule has 2 aromatic rings. The minimum absolute atomic E-state index is 0.283. The third-order valence-electron chi connectivity index (χ3n) is 5.50. The molecule has 1 aliphatic rings. The van der Waals surface area contributed by atoms with Gasteiger partial charge in [0, 0.05) is 0 Å². The second kappa shape index (κ2) is 14.3. The van der Waals surface area contributed by atoms with E-state index in [2.05, 4.69) is 10.2 Å². The first kappa shape index (κ1) is 28.1. The summed E-state index contributed by atoms with van der Waals surface area (Å²) in [4.78, 5) is 12.9. The third kappa shape index (κ3) is 7.52. The number of esters is 1. The van der Waals surface area contributed by atoms with Crippen LogP contribution in [0.2, 0.25) is 0 Å². The fourth-order valence-corrected chi connectivity index (χ4v) is 4.85. The van der Waals surface area contributed by atoms with Crippen LogP contribution < -0.4 is 0 Å². The molecule has 0 fully saturated rings. The molecular weight excluding hydrogens is 490 g/mol. The standard InChI is InChI=1S/C28H35N3O5S/c1-6-8-9-10-11-16-24(27(32)35-7-2)37-28-30-29-25(19-21-18-17-20(3)36-21)31(28)26-22(33-4)14-12-13-15-23(26)34-5/h6,8-10,12,14-15,17-18,24H,7,11,13,16,19H2,1-5H3/b8-6-,10-9-.